The summed E-state index contributed by atoms with van der Waals surface area (Å²) in [6.07, 6.45) is 3.61. The van der Waals surface area contributed by atoms with Crippen LogP contribution in [0.2, 0.25) is 0 Å². The van der Waals surface area contributed by atoms with Gasteiger partial charge in [0.25, 0.3) is 0 Å². The number of nitrogens with zero attached hydrogens (tertiary/aromatic N) is 7. The average Bonchev–Trinajstić information content (AvgIpc) is 3.50. The molecule has 0 aliphatic carbocycles. The van der Waals surface area contributed by atoms with Gasteiger partial charge in [-0.15, -0.1) is 5.10 Å². The Morgan fingerprint density at radius 2 is 0.796 bits per heavy atom. The average molecular weight is 712 g/mol. The lowest BCUT2D eigenvalue weighted by atomic mass is 9.92. The molecule has 8 rings (SSSR count). The van der Waals surface area contributed by atoms with Gasteiger partial charge in [-0.05, 0) is 82.3 Å². The number of rotatable bonds is 8. The molecule has 54 heavy (non-hydrogen) atoms. The molecule has 7 heteroatoms. The Morgan fingerprint density at radius 1 is 0.426 bits per heavy atom. The third-order valence-electron chi connectivity index (χ3n) is 10.5. The van der Waals surface area contributed by atoms with Crippen LogP contribution < -0.4 is 15.5 Å². The summed E-state index contributed by atoms with van der Waals surface area (Å²) in [6, 6.07) is 41.1. The molecule has 272 valence electrons. The molecular weight excluding hydrogens is 663 g/mol. The molecule has 0 saturated heterocycles. The Labute approximate surface area is 318 Å². The summed E-state index contributed by atoms with van der Waals surface area (Å²) in [5.41, 5.74) is 14.6. The van der Waals surface area contributed by atoms with Crippen molar-refractivity contribution < 1.29 is 0 Å². The Bertz CT molecular complexity index is 2330. The molecule has 7 nitrogen and oxygen atoms in total. The molecule has 3 heterocycles. The Balaban J connectivity index is 1.59. The first-order chi connectivity index (χ1) is 26.2. The predicted octanol–water partition coefficient (Wildman–Crippen LogP) is 12.1. The van der Waals surface area contributed by atoms with Crippen LogP contribution in [0.1, 0.15) is 101 Å². The molecule has 0 spiro atoms. The smallest absolute Gasteiger partial charge is 0.240 e. The fraction of sp³-hybridized carbons (Fsp3) is 0.255. The van der Waals surface area contributed by atoms with E-state index in [1.807, 2.05) is 0 Å². The van der Waals surface area contributed by atoms with Gasteiger partial charge in [0, 0.05) is 18.1 Å². The summed E-state index contributed by atoms with van der Waals surface area (Å²) in [6.45, 7) is 18.2. The zero-order chi connectivity index (χ0) is 37.7. The highest BCUT2D eigenvalue weighted by atomic mass is 15.5. The third-order valence-corrected chi connectivity index (χ3v) is 10.5. The zero-order valence-electron chi connectivity index (χ0n) is 32.6. The highest BCUT2D eigenvalue weighted by Crippen LogP contribution is 2.51. The molecule has 0 atom stereocenters. The monoisotopic (exact) mass is 711 g/mol. The van der Waals surface area contributed by atoms with Gasteiger partial charge in [-0.2, -0.15) is 0 Å². The van der Waals surface area contributed by atoms with E-state index in [-0.39, 0.29) is 23.7 Å². The van der Waals surface area contributed by atoms with Crippen molar-refractivity contribution >= 4 is 39.7 Å². The highest BCUT2D eigenvalue weighted by Gasteiger charge is 2.32. The maximum atomic E-state index is 5.87. The Morgan fingerprint density at radius 3 is 1.19 bits per heavy atom. The number of fused-ring (bicyclic) bond motifs is 3. The van der Waals surface area contributed by atoms with Crippen molar-refractivity contribution in [3.05, 3.63) is 156 Å². The molecule has 2 aromatic heterocycles. The molecule has 0 fully saturated rings. The summed E-state index contributed by atoms with van der Waals surface area (Å²) in [4.78, 5) is 12.6. The van der Waals surface area contributed by atoms with Crippen molar-refractivity contribution in [1.82, 2.24) is 19.1 Å². The normalized spacial score (nSPS) is 12.7. The van der Waals surface area contributed by atoms with E-state index >= 15 is 0 Å². The van der Waals surface area contributed by atoms with E-state index in [4.69, 9.17) is 15.1 Å². The molecule has 0 saturated carbocycles. The van der Waals surface area contributed by atoms with Crippen LogP contribution in [0.5, 0.6) is 0 Å². The van der Waals surface area contributed by atoms with Gasteiger partial charge in [0.15, 0.2) is 11.3 Å². The van der Waals surface area contributed by atoms with Gasteiger partial charge in [0.2, 0.25) is 5.62 Å². The van der Waals surface area contributed by atoms with Crippen molar-refractivity contribution in [2.24, 2.45) is 5.10 Å². The van der Waals surface area contributed by atoms with Crippen molar-refractivity contribution in [2.75, 3.05) is 9.91 Å². The van der Waals surface area contributed by atoms with Crippen LogP contribution in [0, 0.1) is 0 Å². The standard InChI is InChI=1S/C47H49N7/c1-30(2)35-20-16-21-36(31(3)4)43(35)52-45-46(49-29-28-48-45)53(44-37(32(5)6)22-17-23-38(44)33(7)8)47(52)50-54-41-26-14-12-24-39(41)51(34-18-10-9-11-19-34)40-25-13-15-27-42(40)54/h9-33H,1-8H3. The number of anilines is 5. The van der Waals surface area contributed by atoms with Crippen LogP contribution in [0.15, 0.2) is 133 Å². The number of aromatic nitrogens is 4. The van der Waals surface area contributed by atoms with Gasteiger partial charge in [0.1, 0.15) is 0 Å². The molecule has 7 aromatic rings. The minimum absolute atomic E-state index is 0.249. The van der Waals surface area contributed by atoms with Crippen molar-refractivity contribution in [1.29, 1.82) is 0 Å². The largest absolute Gasteiger partial charge is 0.306 e. The Hall–Kier alpha value is -5.95. The lowest BCUT2D eigenvalue weighted by molar-refractivity contribution is 0.753. The molecule has 0 radical (unpaired) electrons. The molecule has 0 bridgehead atoms. The van der Waals surface area contributed by atoms with E-state index < -0.39 is 0 Å². The summed E-state index contributed by atoms with van der Waals surface area (Å²) < 4.78 is 4.59. The molecule has 1 aliphatic rings. The maximum absolute atomic E-state index is 5.87. The van der Waals surface area contributed by atoms with Crippen LogP contribution in [-0.4, -0.2) is 19.1 Å². The van der Waals surface area contributed by atoms with E-state index in [0.29, 0.717) is 0 Å². The van der Waals surface area contributed by atoms with Gasteiger partial charge in [-0.3, -0.25) is 9.13 Å². The lowest BCUT2D eigenvalue weighted by Gasteiger charge is -2.37. The second kappa shape index (κ2) is 14.1. The SMILES string of the molecule is CC(C)c1cccc(C(C)C)c1-n1c(=NN2c3ccccc3N(c3ccccc3)c3ccccc32)n(-c2c(C(C)C)cccc2C(C)C)c2nccnc21. The van der Waals surface area contributed by atoms with Crippen molar-refractivity contribution in [3.8, 4) is 11.4 Å². The minimum Gasteiger partial charge on any atom is -0.306 e. The topological polar surface area (TPSA) is 54.5 Å². The third kappa shape index (κ3) is 5.79. The van der Waals surface area contributed by atoms with Crippen molar-refractivity contribution in [3.63, 3.8) is 0 Å². The fourth-order valence-corrected chi connectivity index (χ4v) is 7.95. The first-order valence-corrected chi connectivity index (χ1v) is 19.3. The molecule has 0 N–H and O–H groups in total. The number of para-hydroxylation sites is 7. The first kappa shape index (κ1) is 35.1. The summed E-state index contributed by atoms with van der Waals surface area (Å²) in [5.74, 6) is 0.997. The summed E-state index contributed by atoms with van der Waals surface area (Å²) in [7, 11) is 0. The van der Waals surface area contributed by atoms with E-state index in [2.05, 4.69) is 190 Å². The highest BCUT2D eigenvalue weighted by molar-refractivity contribution is 5.97. The van der Waals surface area contributed by atoms with E-state index in [1.165, 1.54) is 22.3 Å². The molecule has 1 aliphatic heterocycles. The first-order valence-electron chi connectivity index (χ1n) is 19.3. The number of hydrogen-bond acceptors (Lipinski definition) is 5. The maximum Gasteiger partial charge on any atom is 0.240 e. The quantitative estimate of drug-likeness (QED) is 0.157. The fourth-order valence-electron chi connectivity index (χ4n) is 7.95. The molecule has 5 aromatic carbocycles. The number of imidazole rings is 1. The van der Waals surface area contributed by atoms with Gasteiger partial charge in [-0.1, -0.05) is 134 Å². The molecule has 0 unspecified atom stereocenters. The molecule has 0 amide bonds. The van der Waals surface area contributed by atoms with Crippen LogP contribution in [0.25, 0.3) is 22.7 Å². The zero-order valence-corrected chi connectivity index (χ0v) is 32.6. The summed E-state index contributed by atoms with van der Waals surface area (Å²) >= 11 is 0. The van der Waals surface area contributed by atoms with Crippen molar-refractivity contribution in [2.45, 2.75) is 79.1 Å². The lowest BCUT2D eigenvalue weighted by Crippen LogP contribution is -2.33. The number of benzene rings is 5. The minimum atomic E-state index is 0.249. The van der Waals surface area contributed by atoms with E-state index in [1.54, 1.807) is 12.4 Å². The van der Waals surface area contributed by atoms with E-state index in [0.717, 1.165) is 56.7 Å². The van der Waals surface area contributed by atoms with Crippen LogP contribution >= 0.6 is 0 Å². The Kier molecular flexibility index (Phi) is 9.18. The van der Waals surface area contributed by atoms with Crippen LogP contribution in [0.3, 0.4) is 0 Å². The van der Waals surface area contributed by atoms with Gasteiger partial charge < -0.3 is 4.90 Å². The van der Waals surface area contributed by atoms with Gasteiger partial charge >= 0.3 is 0 Å². The second-order valence-corrected chi connectivity index (χ2v) is 15.4. The van der Waals surface area contributed by atoms with Gasteiger partial charge in [-0.25, -0.2) is 15.0 Å². The second-order valence-electron chi connectivity index (χ2n) is 15.4. The summed E-state index contributed by atoms with van der Waals surface area (Å²) in [5, 5.41) is 8.00. The van der Waals surface area contributed by atoms with E-state index in [9.17, 15) is 0 Å². The van der Waals surface area contributed by atoms with Crippen LogP contribution in [-0.2, 0) is 0 Å². The predicted molar refractivity (Wildman–Crippen MR) is 223 cm³/mol. The van der Waals surface area contributed by atoms with Gasteiger partial charge in [0.05, 0.1) is 34.1 Å². The molecular formula is C47H49N7. The van der Waals surface area contributed by atoms with Crippen LogP contribution in [0.4, 0.5) is 28.4 Å². The number of hydrogen-bond donors (Lipinski definition) is 0.